The molecule has 1 atom stereocenters. The van der Waals surface area contributed by atoms with Gasteiger partial charge in [0.2, 0.25) is 0 Å². The van der Waals surface area contributed by atoms with E-state index in [-0.39, 0.29) is 17.5 Å². The molecule has 0 aromatic heterocycles. The Balaban J connectivity index is 2.11. The fourth-order valence-electron chi connectivity index (χ4n) is 2.39. The molecule has 0 spiro atoms. The van der Waals surface area contributed by atoms with Gasteiger partial charge in [0.15, 0.2) is 0 Å². The molecule has 2 aromatic rings. The number of hydrogen-bond donors (Lipinski definition) is 1. The van der Waals surface area contributed by atoms with E-state index in [1.807, 2.05) is 31.2 Å². The first kappa shape index (κ1) is 15.0. The van der Waals surface area contributed by atoms with Gasteiger partial charge < -0.3 is 5.11 Å². The van der Waals surface area contributed by atoms with Gasteiger partial charge in [-0.1, -0.05) is 53.6 Å². The van der Waals surface area contributed by atoms with Gasteiger partial charge in [0.25, 0.3) is 0 Å². The number of hydrogen-bond acceptors (Lipinski definition) is 1. The second-order valence-electron chi connectivity index (χ2n) is 5.16. The first-order valence-electron chi connectivity index (χ1n) is 6.69. The second kappa shape index (κ2) is 6.87. The number of aliphatic hydroxyl groups is 1. The van der Waals surface area contributed by atoms with E-state index in [4.69, 9.17) is 11.6 Å². The molecule has 3 heteroatoms. The second-order valence-corrected chi connectivity index (χ2v) is 5.54. The van der Waals surface area contributed by atoms with Gasteiger partial charge in [-0.3, -0.25) is 0 Å². The Kier molecular flexibility index (Phi) is 5.16. The van der Waals surface area contributed by atoms with Crippen molar-refractivity contribution in [1.82, 2.24) is 0 Å². The number of rotatable bonds is 5. The smallest absolute Gasteiger partial charge is 0.142 e. The van der Waals surface area contributed by atoms with E-state index >= 15 is 0 Å². The number of halogens is 2. The molecule has 0 saturated heterocycles. The molecule has 2 aromatic carbocycles. The topological polar surface area (TPSA) is 20.2 Å². The minimum Gasteiger partial charge on any atom is -0.396 e. The lowest BCUT2D eigenvalue weighted by atomic mass is 9.92. The zero-order chi connectivity index (χ0) is 14.5. The van der Waals surface area contributed by atoms with Crippen LogP contribution in [-0.2, 0) is 12.8 Å². The fourth-order valence-corrected chi connectivity index (χ4v) is 2.59. The monoisotopic (exact) mass is 292 g/mol. The van der Waals surface area contributed by atoms with Gasteiger partial charge in [-0.25, -0.2) is 4.39 Å². The van der Waals surface area contributed by atoms with Crippen LogP contribution < -0.4 is 0 Å². The lowest BCUT2D eigenvalue weighted by Crippen LogP contribution is -2.13. The van der Waals surface area contributed by atoms with Crippen LogP contribution in [0.15, 0.2) is 42.5 Å². The van der Waals surface area contributed by atoms with Crippen LogP contribution in [0, 0.1) is 18.7 Å². The van der Waals surface area contributed by atoms with Gasteiger partial charge in [0.1, 0.15) is 5.82 Å². The zero-order valence-corrected chi connectivity index (χ0v) is 12.2. The molecular weight excluding hydrogens is 275 g/mol. The van der Waals surface area contributed by atoms with Crippen molar-refractivity contribution in [3.8, 4) is 0 Å². The summed E-state index contributed by atoms with van der Waals surface area (Å²) in [5.74, 6) is -0.368. The van der Waals surface area contributed by atoms with Crippen LogP contribution in [0.25, 0.3) is 0 Å². The Morgan fingerprint density at radius 2 is 1.90 bits per heavy atom. The SMILES string of the molecule is Cc1cccc(CC(CO)Cc2cccc(F)c2Cl)c1. The minimum absolute atomic E-state index is 0.0381. The Labute approximate surface area is 124 Å². The molecule has 0 aliphatic rings. The first-order chi connectivity index (χ1) is 9.60. The molecular formula is C17H18ClFO. The van der Waals surface area contributed by atoms with E-state index in [1.165, 1.54) is 17.2 Å². The van der Waals surface area contributed by atoms with Crippen LogP contribution in [0.5, 0.6) is 0 Å². The van der Waals surface area contributed by atoms with E-state index in [1.54, 1.807) is 6.07 Å². The van der Waals surface area contributed by atoms with E-state index in [0.29, 0.717) is 6.42 Å². The highest BCUT2D eigenvalue weighted by molar-refractivity contribution is 6.31. The summed E-state index contributed by atoms with van der Waals surface area (Å²) in [5, 5.41) is 9.70. The summed E-state index contributed by atoms with van der Waals surface area (Å²) in [4.78, 5) is 0. The van der Waals surface area contributed by atoms with Crippen LogP contribution in [0.3, 0.4) is 0 Å². The maximum Gasteiger partial charge on any atom is 0.142 e. The molecule has 0 saturated carbocycles. The highest BCUT2D eigenvalue weighted by atomic mass is 35.5. The molecule has 1 N–H and O–H groups in total. The summed E-state index contributed by atoms with van der Waals surface area (Å²) in [7, 11) is 0. The first-order valence-corrected chi connectivity index (χ1v) is 7.07. The van der Waals surface area contributed by atoms with Crippen molar-refractivity contribution in [2.75, 3.05) is 6.61 Å². The van der Waals surface area contributed by atoms with Crippen molar-refractivity contribution < 1.29 is 9.50 Å². The third kappa shape index (κ3) is 3.81. The standard InChI is InChI=1S/C17H18ClFO/c1-12-4-2-5-13(8-12)9-14(11-20)10-15-6-3-7-16(19)17(15)18/h2-8,14,20H,9-11H2,1H3. The summed E-state index contributed by atoms with van der Waals surface area (Å²) in [6.45, 7) is 2.10. The third-order valence-corrected chi connectivity index (χ3v) is 3.83. The van der Waals surface area contributed by atoms with Crippen molar-refractivity contribution in [3.05, 3.63) is 70.0 Å². The van der Waals surface area contributed by atoms with E-state index in [9.17, 15) is 9.50 Å². The van der Waals surface area contributed by atoms with Gasteiger partial charge in [0.05, 0.1) is 5.02 Å². The summed E-state index contributed by atoms with van der Waals surface area (Å²) in [6.07, 6.45) is 1.33. The predicted molar refractivity (Wildman–Crippen MR) is 80.6 cm³/mol. The summed E-state index contributed by atoms with van der Waals surface area (Å²) >= 11 is 5.97. The normalized spacial score (nSPS) is 12.4. The largest absolute Gasteiger partial charge is 0.396 e. The van der Waals surface area contributed by atoms with Crippen molar-refractivity contribution in [3.63, 3.8) is 0 Å². The summed E-state index contributed by atoms with van der Waals surface area (Å²) in [5.41, 5.74) is 3.12. The molecule has 0 aliphatic carbocycles. The number of benzene rings is 2. The molecule has 0 aliphatic heterocycles. The van der Waals surface area contributed by atoms with E-state index < -0.39 is 5.82 Å². The van der Waals surface area contributed by atoms with Gasteiger partial charge in [-0.15, -0.1) is 0 Å². The predicted octanol–water partition coefficient (Wildman–Crippen LogP) is 4.18. The lowest BCUT2D eigenvalue weighted by Gasteiger charge is -2.15. The van der Waals surface area contributed by atoms with Gasteiger partial charge in [-0.2, -0.15) is 0 Å². The average molecular weight is 293 g/mol. The maximum absolute atomic E-state index is 13.4. The van der Waals surface area contributed by atoms with Crippen molar-refractivity contribution in [2.24, 2.45) is 5.92 Å². The third-order valence-electron chi connectivity index (χ3n) is 3.41. The van der Waals surface area contributed by atoms with E-state index in [2.05, 4.69) is 6.07 Å². The highest BCUT2D eigenvalue weighted by Gasteiger charge is 2.13. The maximum atomic E-state index is 13.4. The molecule has 1 unspecified atom stereocenters. The Morgan fingerprint density at radius 1 is 1.15 bits per heavy atom. The van der Waals surface area contributed by atoms with Crippen molar-refractivity contribution >= 4 is 11.6 Å². The van der Waals surface area contributed by atoms with Crippen LogP contribution in [0.4, 0.5) is 4.39 Å². The Morgan fingerprint density at radius 3 is 2.60 bits per heavy atom. The lowest BCUT2D eigenvalue weighted by molar-refractivity contribution is 0.225. The molecule has 0 amide bonds. The molecule has 0 radical (unpaired) electrons. The highest BCUT2D eigenvalue weighted by Crippen LogP contribution is 2.24. The molecule has 0 bridgehead atoms. The Hall–Kier alpha value is -1.38. The molecule has 20 heavy (non-hydrogen) atoms. The molecule has 2 rings (SSSR count). The molecule has 106 valence electrons. The van der Waals surface area contributed by atoms with Crippen LogP contribution >= 0.6 is 11.6 Å². The summed E-state index contributed by atoms with van der Waals surface area (Å²) < 4.78 is 13.4. The van der Waals surface area contributed by atoms with Crippen LogP contribution in [-0.4, -0.2) is 11.7 Å². The quantitative estimate of drug-likeness (QED) is 0.876. The number of aryl methyl sites for hydroxylation is 1. The van der Waals surface area contributed by atoms with Gasteiger partial charge >= 0.3 is 0 Å². The molecule has 1 nitrogen and oxygen atoms in total. The van der Waals surface area contributed by atoms with Gasteiger partial charge in [-0.05, 0) is 42.9 Å². The molecule has 0 fully saturated rings. The molecule has 0 heterocycles. The van der Waals surface area contributed by atoms with Gasteiger partial charge in [0, 0.05) is 6.61 Å². The Bertz CT molecular complexity index is 583. The zero-order valence-electron chi connectivity index (χ0n) is 11.4. The average Bonchev–Trinajstić information content (AvgIpc) is 2.43. The van der Waals surface area contributed by atoms with Crippen molar-refractivity contribution in [2.45, 2.75) is 19.8 Å². The fraction of sp³-hybridized carbons (Fsp3) is 0.294. The minimum atomic E-state index is -0.406. The van der Waals surface area contributed by atoms with Crippen LogP contribution in [0.2, 0.25) is 5.02 Å². The van der Waals surface area contributed by atoms with E-state index in [0.717, 1.165) is 12.0 Å². The van der Waals surface area contributed by atoms with Crippen molar-refractivity contribution in [1.29, 1.82) is 0 Å². The van der Waals surface area contributed by atoms with Crippen LogP contribution in [0.1, 0.15) is 16.7 Å². The summed E-state index contributed by atoms with van der Waals surface area (Å²) in [6, 6.07) is 13.0. The number of aliphatic hydroxyl groups excluding tert-OH is 1.